The van der Waals surface area contributed by atoms with Crippen LogP contribution in [0.4, 0.5) is 0 Å². The molecule has 0 aromatic heterocycles. The van der Waals surface area contributed by atoms with Crippen molar-refractivity contribution in [1.29, 1.82) is 0 Å². The summed E-state index contributed by atoms with van der Waals surface area (Å²) in [6.45, 7) is -0.0617. The zero-order valence-electron chi connectivity index (χ0n) is 16.5. The number of halogens is 2. The summed E-state index contributed by atoms with van der Waals surface area (Å²) >= 11 is 14.5. The topological polar surface area (TPSA) is 20.2 Å². The molecule has 1 N–H and O–H groups in total. The fraction of sp³-hybridized carbons (Fsp3) is 0.0769. The first-order chi connectivity index (χ1) is 14.5. The molecule has 4 aromatic carbocycles. The van der Waals surface area contributed by atoms with E-state index < -0.39 is 5.96 Å². The van der Waals surface area contributed by atoms with E-state index in [-0.39, 0.29) is 6.61 Å². The summed E-state index contributed by atoms with van der Waals surface area (Å²) < 4.78 is 0. The zero-order chi connectivity index (χ0) is 21.1. The van der Waals surface area contributed by atoms with Gasteiger partial charge in [-0.2, -0.15) is 0 Å². The molecule has 30 heavy (non-hydrogen) atoms. The van der Waals surface area contributed by atoms with Gasteiger partial charge in [-0.1, -0.05) is 0 Å². The number of rotatable bonds is 6. The van der Waals surface area contributed by atoms with Crippen molar-refractivity contribution in [3.63, 3.8) is 0 Å². The molecule has 0 fully saturated rings. The molecule has 0 radical (unpaired) electrons. The molecule has 0 aliphatic carbocycles. The van der Waals surface area contributed by atoms with Crippen LogP contribution < -0.4 is 15.9 Å². The van der Waals surface area contributed by atoms with Gasteiger partial charge >= 0.3 is 188 Å². The van der Waals surface area contributed by atoms with E-state index in [1.54, 1.807) is 6.07 Å². The Hall–Kier alpha value is -2.15. The molecule has 152 valence electrons. The van der Waals surface area contributed by atoms with E-state index in [1.807, 2.05) is 66.7 Å². The molecule has 4 rings (SSSR count). The number of hydrogen-bond donors (Lipinski definition) is 1. The Morgan fingerprint density at radius 1 is 0.600 bits per heavy atom. The molecule has 0 bridgehead atoms. The first kappa shape index (κ1) is 21.1. The van der Waals surface area contributed by atoms with Crippen LogP contribution in [0, 0.1) is 0 Å². The SMILES string of the molecule is OCc1cc(Cl)cc(CP(Cl)(c2ccccc2)(c2ccccc2)c2ccccc2)c1. The molecular formula is C26H23Cl2OP. The minimum atomic E-state index is -3.41. The second kappa shape index (κ2) is 8.53. The van der Waals surface area contributed by atoms with Crippen LogP contribution in [-0.2, 0) is 12.8 Å². The second-order valence-electron chi connectivity index (χ2n) is 7.47. The van der Waals surface area contributed by atoms with E-state index in [0.717, 1.165) is 27.0 Å². The Bertz CT molecular complexity index is 1030. The average molecular weight is 453 g/mol. The number of hydrogen-bond acceptors (Lipinski definition) is 1. The summed E-state index contributed by atoms with van der Waals surface area (Å²) in [4.78, 5) is 0. The fourth-order valence-corrected chi connectivity index (χ4v) is 10.6. The summed E-state index contributed by atoms with van der Waals surface area (Å²) in [6, 6.07) is 36.8. The van der Waals surface area contributed by atoms with E-state index in [2.05, 4.69) is 36.4 Å². The Morgan fingerprint density at radius 2 is 1.00 bits per heavy atom. The normalized spacial score (nSPS) is 12.8. The molecule has 1 nitrogen and oxygen atoms in total. The molecule has 0 heterocycles. The van der Waals surface area contributed by atoms with Crippen molar-refractivity contribution in [2.75, 3.05) is 0 Å². The minimum absolute atomic E-state index is 0.0617. The van der Waals surface area contributed by atoms with Crippen molar-refractivity contribution in [3.8, 4) is 0 Å². The van der Waals surface area contributed by atoms with E-state index in [9.17, 15) is 5.11 Å². The van der Waals surface area contributed by atoms with Gasteiger partial charge in [0, 0.05) is 0 Å². The fourth-order valence-electron chi connectivity index (χ4n) is 4.18. The maximum atomic E-state index is 9.72. The molecular weight excluding hydrogens is 430 g/mol. The Balaban J connectivity index is 2.08. The summed E-state index contributed by atoms with van der Waals surface area (Å²) in [6.07, 6.45) is 0.596. The number of benzene rings is 4. The first-order valence-corrected chi connectivity index (χ1v) is 13.5. The van der Waals surface area contributed by atoms with Gasteiger partial charge in [-0.3, -0.25) is 0 Å². The van der Waals surface area contributed by atoms with Crippen LogP contribution in [0.3, 0.4) is 0 Å². The Morgan fingerprint density at radius 3 is 1.40 bits per heavy atom. The Kier molecular flexibility index (Phi) is 6.00. The third-order valence-corrected chi connectivity index (χ3v) is 13.0. The van der Waals surface area contributed by atoms with E-state index in [4.69, 9.17) is 22.8 Å². The van der Waals surface area contributed by atoms with Crippen LogP contribution in [0.25, 0.3) is 0 Å². The first-order valence-electron chi connectivity index (χ1n) is 9.83. The zero-order valence-corrected chi connectivity index (χ0v) is 18.9. The van der Waals surface area contributed by atoms with E-state index in [0.29, 0.717) is 11.2 Å². The van der Waals surface area contributed by atoms with Gasteiger partial charge in [-0.05, 0) is 0 Å². The van der Waals surface area contributed by atoms with Crippen molar-refractivity contribution >= 4 is 44.7 Å². The van der Waals surface area contributed by atoms with Crippen LogP contribution >= 0.6 is 28.8 Å². The molecule has 0 aliphatic rings. The van der Waals surface area contributed by atoms with E-state index >= 15 is 0 Å². The van der Waals surface area contributed by atoms with Gasteiger partial charge in [0.15, 0.2) is 0 Å². The van der Waals surface area contributed by atoms with Gasteiger partial charge in [-0.25, -0.2) is 0 Å². The van der Waals surface area contributed by atoms with Crippen LogP contribution in [0.2, 0.25) is 5.02 Å². The molecule has 0 aliphatic heterocycles. The molecule has 0 spiro atoms. The van der Waals surface area contributed by atoms with Crippen LogP contribution in [0.1, 0.15) is 11.1 Å². The van der Waals surface area contributed by atoms with Gasteiger partial charge in [0.25, 0.3) is 0 Å². The molecule has 4 aromatic rings. The van der Waals surface area contributed by atoms with Gasteiger partial charge < -0.3 is 0 Å². The van der Waals surface area contributed by atoms with Crippen molar-refractivity contribution in [1.82, 2.24) is 0 Å². The summed E-state index contributed by atoms with van der Waals surface area (Å²) in [5, 5.41) is 13.6. The van der Waals surface area contributed by atoms with Crippen molar-refractivity contribution in [2.45, 2.75) is 12.8 Å². The summed E-state index contributed by atoms with van der Waals surface area (Å²) in [7, 11) is 0. The third kappa shape index (κ3) is 3.68. The predicted octanol–water partition coefficient (Wildman–Crippen LogP) is 6.02. The van der Waals surface area contributed by atoms with Crippen LogP contribution in [0.15, 0.2) is 109 Å². The molecule has 0 amide bonds. The average Bonchev–Trinajstić information content (AvgIpc) is 2.80. The number of aliphatic hydroxyl groups is 1. The van der Waals surface area contributed by atoms with Gasteiger partial charge in [0.1, 0.15) is 0 Å². The standard InChI is InChI=1S/C26H23Cl2OP/c27-23-17-21(19-29)16-22(18-23)20-30(28,24-10-4-1-5-11-24,25-12-6-2-7-13-25)26-14-8-3-9-15-26/h1-18,29H,19-20H2. The molecule has 0 saturated carbocycles. The number of aliphatic hydroxyl groups excluding tert-OH is 1. The summed E-state index contributed by atoms with van der Waals surface area (Å²) in [5.41, 5.74) is 1.80. The van der Waals surface area contributed by atoms with Crippen LogP contribution in [-0.4, -0.2) is 5.11 Å². The van der Waals surface area contributed by atoms with Crippen molar-refractivity contribution in [3.05, 3.63) is 125 Å². The molecule has 0 saturated heterocycles. The second-order valence-corrected chi connectivity index (χ2v) is 14.4. The maximum absolute atomic E-state index is 9.72. The molecule has 0 unspecified atom stereocenters. The van der Waals surface area contributed by atoms with Gasteiger partial charge in [-0.15, -0.1) is 0 Å². The summed E-state index contributed by atoms with van der Waals surface area (Å²) in [5.74, 6) is -3.41. The Labute approximate surface area is 187 Å². The predicted molar refractivity (Wildman–Crippen MR) is 132 cm³/mol. The van der Waals surface area contributed by atoms with Crippen LogP contribution in [0.5, 0.6) is 0 Å². The van der Waals surface area contributed by atoms with Crippen molar-refractivity contribution in [2.24, 2.45) is 0 Å². The van der Waals surface area contributed by atoms with Gasteiger partial charge in [0.05, 0.1) is 0 Å². The quantitative estimate of drug-likeness (QED) is 0.354. The third-order valence-electron chi connectivity index (χ3n) is 5.56. The van der Waals surface area contributed by atoms with Gasteiger partial charge in [0.2, 0.25) is 0 Å². The van der Waals surface area contributed by atoms with E-state index in [1.165, 1.54) is 0 Å². The monoisotopic (exact) mass is 452 g/mol. The molecule has 0 atom stereocenters. The molecule has 4 heteroatoms. The van der Waals surface area contributed by atoms with Crippen molar-refractivity contribution < 1.29 is 5.11 Å².